The van der Waals surface area contributed by atoms with Crippen molar-refractivity contribution in [2.45, 2.75) is 6.54 Å². The lowest BCUT2D eigenvalue weighted by Crippen LogP contribution is -2.12. The summed E-state index contributed by atoms with van der Waals surface area (Å²) in [7, 11) is 0. The Kier molecular flexibility index (Phi) is 3.29. The summed E-state index contributed by atoms with van der Waals surface area (Å²) in [4.78, 5) is 31.3. The molecule has 3 heterocycles. The van der Waals surface area contributed by atoms with Crippen molar-refractivity contribution in [1.82, 2.24) is 34.7 Å². The molecule has 1 N–H and O–H groups in total. The first-order chi connectivity index (χ1) is 10.2. The molecular weight excluding hydrogens is 274 g/mol. The first kappa shape index (κ1) is 12.8. The number of hydrogen-bond donors (Lipinski definition) is 1. The summed E-state index contributed by atoms with van der Waals surface area (Å²) in [6.45, 7) is -0.334. The van der Waals surface area contributed by atoms with E-state index in [0.717, 1.165) is 0 Å². The molecule has 0 aliphatic carbocycles. The van der Waals surface area contributed by atoms with Crippen molar-refractivity contribution < 1.29 is 9.90 Å². The van der Waals surface area contributed by atoms with Crippen LogP contribution in [-0.4, -0.2) is 45.8 Å². The highest BCUT2D eigenvalue weighted by atomic mass is 16.4. The Hall–Kier alpha value is -3.23. The van der Waals surface area contributed by atoms with Gasteiger partial charge in [0.25, 0.3) is 0 Å². The van der Waals surface area contributed by atoms with Crippen LogP contribution in [0.1, 0.15) is 0 Å². The van der Waals surface area contributed by atoms with E-state index in [0.29, 0.717) is 17.2 Å². The van der Waals surface area contributed by atoms with Crippen molar-refractivity contribution in [3.05, 3.63) is 37.2 Å². The van der Waals surface area contributed by atoms with Crippen LogP contribution in [0.5, 0.6) is 0 Å². The lowest BCUT2D eigenvalue weighted by atomic mass is 10.4. The third-order valence-corrected chi connectivity index (χ3v) is 2.54. The summed E-state index contributed by atoms with van der Waals surface area (Å²) < 4.78 is 1.25. The molecule has 3 aromatic heterocycles. The summed E-state index contributed by atoms with van der Waals surface area (Å²) >= 11 is 0. The standard InChI is InChI=1S/C12H9N7O2/c20-10(21)7-19-12(9-6-14-2-4-16-9)17-11(18-19)8-5-13-1-3-15-8/h1-6H,7H2,(H,20,21). The zero-order valence-electron chi connectivity index (χ0n) is 10.7. The van der Waals surface area contributed by atoms with Gasteiger partial charge in [0, 0.05) is 24.8 Å². The van der Waals surface area contributed by atoms with Crippen molar-refractivity contribution in [2.24, 2.45) is 0 Å². The molecule has 0 bridgehead atoms. The van der Waals surface area contributed by atoms with Gasteiger partial charge in [-0.2, -0.15) is 0 Å². The number of rotatable bonds is 4. The predicted molar refractivity (Wildman–Crippen MR) is 69.7 cm³/mol. The van der Waals surface area contributed by atoms with Gasteiger partial charge >= 0.3 is 5.97 Å². The number of hydrogen-bond acceptors (Lipinski definition) is 7. The molecule has 0 aliphatic rings. The summed E-state index contributed by atoms with van der Waals surface area (Å²) in [5.41, 5.74) is 0.883. The fourth-order valence-electron chi connectivity index (χ4n) is 1.71. The summed E-state index contributed by atoms with van der Waals surface area (Å²) in [5.74, 6) is -0.438. The zero-order valence-corrected chi connectivity index (χ0v) is 10.7. The average molecular weight is 283 g/mol. The van der Waals surface area contributed by atoms with E-state index >= 15 is 0 Å². The van der Waals surface area contributed by atoms with Gasteiger partial charge in [0.15, 0.2) is 5.82 Å². The molecule has 0 spiro atoms. The maximum absolute atomic E-state index is 10.9. The second kappa shape index (κ2) is 5.41. The van der Waals surface area contributed by atoms with Crippen molar-refractivity contribution in [3.8, 4) is 23.0 Å². The molecule has 0 amide bonds. The van der Waals surface area contributed by atoms with E-state index in [1.807, 2.05) is 0 Å². The zero-order chi connectivity index (χ0) is 14.7. The fourth-order valence-corrected chi connectivity index (χ4v) is 1.71. The molecule has 0 aromatic carbocycles. The predicted octanol–water partition coefficient (Wildman–Crippen LogP) is 0.277. The van der Waals surface area contributed by atoms with Gasteiger partial charge in [0.2, 0.25) is 5.82 Å². The Morgan fingerprint density at radius 1 is 1.05 bits per heavy atom. The minimum absolute atomic E-state index is 0.282. The second-order valence-corrected chi connectivity index (χ2v) is 3.99. The van der Waals surface area contributed by atoms with Gasteiger partial charge in [-0.15, -0.1) is 5.10 Å². The minimum Gasteiger partial charge on any atom is -0.480 e. The largest absolute Gasteiger partial charge is 0.480 e. The van der Waals surface area contributed by atoms with E-state index in [9.17, 15) is 4.79 Å². The molecule has 0 fully saturated rings. The van der Waals surface area contributed by atoms with Gasteiger partial charge in [-0.3, -0.25) is 14.8 Å². The molecule has 0 unspecified atom stereocenters. The van der Waals surface area contributed by atoms with Crippen LogP contribution in [0.3, 0.4) is 0 Å². The molecule has 104 valence electrons. The van der Waals surface area contributed by atoms with Crippen molar-refractivity contribution in [1.29, 1.82) is 0 Å². The van der Waals surface area contributed by atoms with Gasteiger partial charge in [-0.1, -0.05) is 0 Å². The van der Waals surface area contributed by atoms with Crippen LogP contribution < -0.4 is 0 Å². The molecule has 0 atom stereocenters. The molecule has 0 aliphatic heterocycles. The third-order valence-electron chi connectivity index (χ3n) is 2.54. The smallest absolute Gasteiger partial charge is 0.325 e. The molecule has 3 rings (SSSR count). The van der Waals surface area contributed by atoms with E-state index in [1.165, 1.54) is 41.9 Å². The van der Waals surface area contributed by atoms with E-state index in [-0.39, 0.29) is 12.4 Å². The SMILES string of the molecule is O=C(O)Cn1nc(-c2cnccn2)nc1-c1cnccn1. The highest BCUT2D eigenvalue weighted by Crippen LogP contribution is 2.18. The third kappa shape index (κ3) is 2.71. The number of aliphatic carboxylic acids is 1. The molecule has 0 radical (unpaired) electrons. The average Bonchev–Trinajstić information content (AvgIpc) is 2.92. The summed E-state index contributed by atoms with van der Waals surface area (Å²) in [6.07, 6.45) is 9.04. The maximum Gasteiger partial charge on any atom is 0.325 e. The van der Waals surface area contributed by atoms with Crippen LogP contribution in [0.25, 0.3) is 23.0 Å². The van der Waals surface area contributed by atoms with E-state index in [2.05, 4.69) is 30.0 Å². The molecule has 0 saturated heterocycles. The van der Waals surface area contributed by atoms with Crippen LogP contribution in [0, 0.1) is 0 Å². The van der Waals surface area contributed by atoms with Crippen molar-refractivity contribution >= 4 is 5.97 Å². The molecule has 3 aromatic rings. The lowest BCUT2D eigenvalue weighted by molar-refractivity contribution is -0.137. The first-order valence-electron chi connectivity index (χ1n) is 5.93. The van der Waals surface area contributed by atoms with Gasteiger partial charge in [-0.25, -0.2) is 19.6 Å². The maximum atomic E-state index is 10.9. The Morgan fingerprint density at radius 2 is 1.71 bits per heavy atom. The van der Waals surface area contributed by atoms with E-state index in [1.54, 1.807) is 0 Å². The van der Waals surface area contributed by atoms with Gasteiger partial charge < -0.3 is 5.11 Å². The molecule has 9 heteroatoms. The Balaban J connectivity index is 2.10. The topological polar surface area (TPSA) is 120 Å². The highest BCUT2D eigenvalue weighted by molar-refractivity contribution is 5.68. The Labute approximate surface area is 118 Å². The highest BCUT2D eigenvalue weighted by Gasteiger charge is 2.17. The van der Waals surface area contributed by atoms with Crippen molar-refractivity contribution in [2.75, 3.05) is 0 Å². The number of nitrogens with zero attached hydrogens (tertiary/aromatic N) is 7. The van der Waals surface area contributed by atoms with Crippen LogP contribution in [0.4, 0.5) is 0 Å². The van der Waals surface area contributed by atoms with Crippen molar-refractivity contribution in [3.63, 3.8) is 0 Å². The van der Waals surface area contributed by atoms with Gasteiger partial charge in [-0.05, 0) is 0 Å². The van der Waals surface area contributed by atoms with Crippen LogP contribution in [0.2, 0.25) is 0 Å². The monoisotopic (exact) mass is 283 g/mol. The second-order valence-electron chi connectivity index (χ2n) is 3.99. The molecule has 21 heavy (non-hydrogen) atoms. The number of carboxylic acid groups (broad SMARTS) is 1. The van der Waals surface area contributed by atoms with Crippen LogP contribution in [-0.2, 0) is 11.3 Å². The number of carboxylic acids is 1. The normalized spacial score (nSPS) is 10.5. The lowest BCUT2D eigenvalue weighted by Gasteiger charge is -2.00. The Bertz CT molecular complexity index is 758. The number of carbonyl (C=O) groups is 1. The van der Waals surface area contributed by atoms with Gasteiger partial charge in [0.1, 0.15) is 17.9 Å². The molecular formula is C12H9N7O2. The van der Waals surface area contributed by atoms with E-state index < -0.39 is 5.97 Å². The fraction of sp³-hybridized carbons (Fsp3) is 0.0833. The quantitative estimate of drug-likeness (QED) is 0.724. The first-order valence-corrected chi connectivity index (χ1v) is 5.93. The van der Waals surface area contributed by atoms with Gasteiger partial charge in [0.05, 0.1) is 12.4 Å². The molecule has 0 saturated carbocycles. The van der Waals surface area contributed by atoms with E-state index in [4.69, 9.17) is 5.11 Å². The van der Waals surface area contributed by atoms with Crippen LogP contribution in [0.15, 0.2) is 37.2 Å². The summed E-state index contributed by atoms with van der Waals surface area (Å²) in [5, 5.41) is 13.1. The summed E-state index contributed by atoms with van der Waals surface area (Å²) in [6, 6.07) is 0. The minimum atomic E-state index is -1.03. The molecule has 9 nitrogen and oxygen atoms in total. The van der Waals surface area contributed by atoms with Crippen LogP contribution >= 0.6 is 0 Å². The number of aromatic nitrogens is 7. The Morgan fingerprint density at radius 3 is 2.29 bits per heavy atom.